The van der Waals surface area contributed by atoms with Crippen LogP contribution < -0.4 is 11.3 Å². The third kappa shape index (κ3) is 1.47. The monoisotopic (exact) mass is 176 g/mol. The highest BCUT2D eigenvalue weighted by Gasteiger charge is 1.98. The van der Waals surface area contributed by atoms with E-state index in [-0.39, 0.29) is 0 Å². The molecule has 0 aromatic carbocycles. The summed E-state index contributed by atoms with van der Waals surface area (Å²) in [5.74, 6) is 6.21. The number of nitrogens with two attached hydrogens (primary N) is 1. The second-order valence-corrected chi connectivity index (χ2v) is 2.33. The smallest absolute Gasteiger partial charge is 0.239 e. The van der Waals surface area contributed by atoms with E-state index in [9.17, 15) is 0 Å². The predicted octanol–water partition coefficient (Wildman–Crippen LogP) is -0.0521. The summed E-state index contributed by atoms with van der Waals surface area (Å²) >= 11 is 0. The van der Waals surface area contributed by atoms with Crippen molar-refractivity contribution in [3.8, 4) is 5.82 Å². The zero-order chi connectivity index (χ0) is 9.10. The number of hydrazine groups is 1. The summed E-state index contributed by atoms with van der Waals surface area (Å²) in [4.78, 5) is 7.97. The van der Waals surface area contributed by atoms with Crippen LogP contribution in [0.15, 0.2) is 30.7 Å². The molecule has 0 aliphatic heterocycles. The topological polar surface area (TPSA) is 81.6 Å². The first kappa shape index (κ1) is 7.69. The Bertz CT molecular complexity index is 382. The molecule has 6 nitrogen and oxygen atoms in total. The minimum atomic E-state index is 0.369. The summed E-state index contributed by atoms with van der Waals surface area (Å²) in [5.41, 5.74) is 2.37. The molecular formula is C7H8N6. The maximum absolute atomic E-state index is 5.17. The molecule has 2 rings (SSSR count). The van der Waals surface area contributed by atoms with E-state index >= 15 is 0 Å². The maximum atomic E-state index is 5.17. The van der Waals surface area contributed by atoms with Crippen LogP contribution >= 0.6 is 0 Å². The van der Waals surface area contributed by atoms with E-state index < -0.39 is 0 Å². The Balaban J connectivity index is 2.41. The van der Waals surface area contributed by atoms with Crippen molar-refractivity contribution in [2.75, 3.05) is 5.43 Å². The van der Waals surface area contributed by atoms with Gasteiger partial charge in [-0.3, -0.25) is 5.43 Å². The van der Waals surface area contributed by atoms with E-state index in [0.717, 1.165) is 0 Å². The van der Waals surface area contributed by atoms with Crippen LogP contribution in [-0.2, 0) is 0 Å². The second-order valence-electron chi connectivity index (χ2n) is 2.33. The van der Waals surface area contributed by atoms with Gasteiger partial charge >= 0.3 is 0 Å². The molecule has 3 N–H and O–H groups in total. The highest BCUT2D eigenvalue weighted by Crippen LogP contribution is 2.03. The third-order valence-electron chi connectivity index (χ3n) is 1.51. The average Bonchev–Trinajstić information content (AvgIpc) is 2.71. The summed E-state index contributed by atoms with van der Waals surface area (Å²) in [6, 6.07) is 3.56. The molecule has 2 aromatic rings. The van der Waals surface area contributed by atoms with Crippen LogP contribution in [0.1, 0.15) is 0 Å². The average molecular weight is 176 g/mol. The van der Waals surface area contributed by atoms with Gasteiger partial charge < -0.3 is 0 Å². The largest absolute Gasteiger partial charge is 0.292 e. The maximum Gasteiger partial charge on any atom is 0.239 e. The van der Waals surface area contributed by atoms with Crippen molar-refractivity contribution in [3.05, 3.63) is 30.7 Å². The SMILES string of the molecule is NNc1nccc(-n2cccn2)n1. The Hall–Kier alpha value is -1.95. The van der Waals surface area contributed by atoms with E-state index in [1.807, 2.05) is 6.07 Å². The van der Waals surface area contributed by atoms with Gasteiger partial charge in [-0.25, -0.2) is 15.5 Å². The Morgan fingerprint density at radius 3 is 3.00 bits per heavy atom. The molecule has 0 aliphatic rings. The molecule has 0 radical (unpaired) electrons. The van der Waals surface area contributed by atoms with Gasteiger partial charge in [0.1, 0.15) is 0 Å². The molecular weight excluding hydrogens is 168 g/mol. The summed E-state index contributed by atoms with van der Waals surface area (Å²) in [7, 11) is 0. The van der Waals surface area contributed by atoms with Gasteiger partial charge in [0.05, 0.1) is 0 Å². The molecule has 0 atom stereocenters. The van der Waals surface area contributed by atoms with Gasteiger partial charge in [0.25, 0.3) is 0 Å². The molecule has 0 amide bonds. The number of aromatic nitrogens is 4. The fraction of sp³-hybridized carbons (Fsp3) is 0. The molecule has 0 unspecified atom stereocenters. The number of nitrogen functional groups attached to an aromatic ring is 1. The van der Waals surface area contributed by atoms with Gasteiger partial charge in [-0.15, -0.1) is 0 Å². The Morgan fingerprint density at radius 1 is 1.38 bits per heavy atom. The van der Waals surface area contributed by atoms with Gasteiger partial charge in [0.2, 0.25) is 5.95 Å². The van der Waals surface area contributed by atoms with Crippen LogP contribution in [0.2, 0.25) is 0 Å². The molecule has 0 aliphatic carbocycles. The molecule has 2 heterocycles. The van der Waals surface area contributed by atoms with Gasteiger partial charge in [-0.1, -0.05) is 0 Å². The first-order valence-corrected chi connectivity index (χ1v) is 3.70. The first-order chi connectivity index (χ1) is 6.40. The second kappa shape index (κ2) is 3.20. The first-order valence-electron chi connectivity index (χ1n) is 3.70. The Labute approximate surface area is 74.4 Å². The Kier molecular flexibility index (Phi) is 1.89. The van der Waals surface area contributed by atoms with E-state index in [1.165, 1.54) is 0 Å². The zero-order valence-corrected chi connectivity index (χ0v) is 6.75. The number of anilines is 1. The number of hydrogen-bond donors (Lipinski definition) is 2. The van der Waals surface area contributed by atoms with Gasteiger partial charge in [0.15, 0.2) is 5.82 Å². The molecule has 0 spiro atoms. The highest BCUT2D eigenvalue weighted by atomic mass is 15.3. The van der Waals surface area contributed by atoms with Crippen LogP contribution in [-0.4, -0.2) is 19.7 Å². The lowest BCUT2D eigenvalue weighted by Gasteiger charge is -2.01. The summed E-state index contributed by atoms with van der Waals surface area (Å²) < 4.78 is 1.63. The molecule has 6 heteroatoms. The van der Waals surface area contributed by atoms with Crippen molar-refractivity contribution in [1.82, 2.24) is 19.7 Å². The molecule has 0 saturated carbocycles. The number of nitrogens with one attached hydrogen (secondary N) is 1. The molecule has 0 saturated heterocycles. The van der Waals surface area contributed by atoms with Crippen LogP contribution in [0.4, 0.5) is 5.95 Å². The van der Waals surface area contributed by atoms with Crippen LogP contribution in [0.25, 0.3) is 5.82 Å². The van der Waals surface area contributed by atoms with E-state index in [4.69, 9.17) is 5.84 Å². The zero-order valence-electron chi connectivity index (χ0n) is 6.75. The van der Waals surface area contributed by atoms with E-state index in [1.54, 1.807) is 29.3 Å². The van der Waals surface area contributed by atoms with Gasteiger partial charge in [-0.05, 0) is 6.07 Å². The van der Waals surface area contributed by atoms with Gasteiger partial charge in [-0.2, -0.15) is 10.1 Å². The number of nitrogens with zero attached hydrogens (tertiary/aromatic N) is 4. The minimum Gasteiger partial charge on any atom is -0.292 e. The summed E-state index contributed by atoms with van der Waals surface area (Å²) in [6.07, 6.45) is 5.08. The molecule has 0 fully saturated rings. The highest BCUT2D eigenvalue weighted by molar-refractivity contribution is 5.29. The Morgan fingerprint density at radius 2 is 2.31 bits per heavy atom. The third-order valence-corrected chi connectivity index (χ3v) is 1.51. The number of rotatable bonds is 2. The van der Waals surface area contributed by atoms with Crippen molar-refractivity contribution in [3.63, 3.8) is 0 Å². The lowest BCUT2D eigenvalue weighted by atomic mass is 10.6. The molecule has 2 aromatic heterocycles. The summed E-state index contributed by atoms with van der Waals surface area (Å²) in [6.45, 7) is 0. The van der Waals surface area contributed by atoms with E-state index in [2.05, 4.69) is 20.5 Å². The summed E-state index contributed by atoms with van der Waals surface area (Å²) in [5, 5.41) is 4.02. The van der Waals surface area contributed by atoms with E-state index in [0.29, 0.717) is 11.8 Å². The predicted molar refractivity (Wildman–Crippen MR) is 47.0 cm³/mol. The number of hydrogen-bond acceptors (Lipinski definition) is 5. The van der Waals surface area contributed by atoms with Gasteiger partial charge in [0, 0.05) is 24.7 Å². The normalized spacial score (nSPS) is 9.92. The van der Waals surface area contributed by atoms with Crippen molar-refractivity contribution in [1.29, 1.82) is 0 Å². The quantitative estimate of drug-likeness (QED) is 0.495. The van der Waals surface area contributed by atoms with Crippen LogP contribution in [0.3, 0.4) is 0 Å². The lowest BCUT2D eigenvalue weighted by Crippen LogP contribution is -2.11. The molecule has 0 bridgehead atoms. The van der Waals surface area contributed by atoms with Crippen LogP contribution in [0.5, 0.6) is 0 Å². The molecule has 66 valence electrons. The van der Waals surface area contributed by atoms with Crippen molar-refractivity contribution in [2.24, 2.45) is 5.84 Å². The molecule has 13 heavy (non-hydrogen) atoms. The standard InChI is InChI=1S/C7H8N6/c8-12-7-9-4-2-6(11-7)13-5-1-3-10-13/h1-5H,8H2,(H,9,11,12). The fourth-order valence-corrected chi connectivity index (χ4v) is 0.951. The van der Waals surface area contributed by atoms with Crippen molar-refractivity contribution >= 4 is 5.95 Å². The van der Waals surface area contributed by atoms with Crippen molar-refractivity contribution in [2.45, 2.75) is 0 Å². The minimum absolute atomic E-state index is 0.369. The van der Waals surface area contributed by atoms with Crippen molar-refractivity contribution < 1.29 is 0 Å². The van der Waals surface area contributed by atoms with Crippen LogP contribution in [0, 0.1) is 0 Å². The fourth-order valence-electron chi connectivity index (χ4n) is 0.951. The lowest BCUT2D eigenvalue weighted by molar-refractivity contribution is 0.840.